The molecule has 0 aromatic carbocycles. The van der Waals surface area contributed by atoms with E-state index in [1.165, 1.54) is 5.56 Å². The zero-order valence-corrected chi connectivity index (χ0v) is 12.2. The molecule has 2 aromatic rings. The standard InChI is InChI=1S/C15H17N3OS/c1-10-18-12(9-20-10)4-7-17-15(19)14-8-13(14)11-2-5-16-6-3-11/h2-3,5-6,9,13-14H,4,7-8H2,1H3,(H,17,19)/t13-,14-/m0/s1. The van der Waals surface area contributed by atoms with E-state index in [1.807, 2.05) is 19.1 Å². The van der Waals surface area contributed by atoms with Crippen molar-refractivity contribution in [3.8, 4) is 0 Å². The minimum absolute atomic E-state index is 0.134. The lowest BCUT2D eigenvalue weighted by Crippen LogP contribution is -2.27. The fraction of sp³-hybridized carbons (Fsp3) is 0.400. The Morgan fingerprint density at radius 3 is 2.95 bits per heavy atom. The molecule has 0 aliphatic heterocycles. The summed E-state index contributed by atoms with van der Waals surface area (Å²) in [4.78, 5) is 20.4. The summed E-state index contributed by atoms with van der Waals surface area (Å²) in [5.41, 5.74) is 2.28. The summed E-state index contributed by atoms with van der Waals surface area (Å²) in [6.45, 7) is 2.66. The second-order valence-electron chi connectivity index (χ2n) is 5.13. The first kappa shape index (κ1) is 13.2. The summed E-state index contributed by atoms with van der Waals surface area (Å²) in [7, 11) is 0. The van der Waals surface area contributed by atoms with Gasteiger partial charge in [0, 0.05) is 36.7 Å². The van der Waals surface area contributed by atoms with Crippen molar-refractivity contribution in [1.82, 2.24) is 15.3 Å². The third-order valence-electron chi connectivity index (χ3n) is 3.61. The van der Waals surface area contributed by atoms with Gasteiger partial charge in [0.2, 0.25) is 5.91 Å². The fourth-order valence-electron chi connectivity index (χ4n) is 2.43. The van der Waals surface area contributed by atoms with Gasteiger partial charge in [-0.2, -0.15) is 0 Å². The van der Waals surface area contributed by atoms with Gasteiger partial charge in [-0.15, -0.1) is 11.3 Å². The van der Waals surface area contributed by atoms with Crippen molar-refractivity contribution in [2.45, 2.75) is 25.7 Å². The molecule has 2 heterocycles. The molecule has 1 N–H and O–H groups in total. The van der Waals surface area contributed by atoms with Crippen LogP contribution in [0.4, 0.5) is 0 Å². The highest BCUT2D eigenvalue weighted by Crippen LogP contribution is 2.47. The van der Waals surface area contributed by atoms with Crippen molar-refractivity contribution in [2.24, 2.45) is 5.92 Å². The van der Waals surface area contributed by atoms with Crippen molar-refractivity contribution in [3.05, 3.63) is 46.2 Å². The maximum absolute atomic E-state index is 12.0. The van der Waals surface area contributed by atoms with Gasteiger partial charge in [0.25, 0.3) is 0 Å². The molecule has 3 rings (SSSR count). The van der Waals surface area contributed by atoms with Crippen LogP contribution in [0, 0.1) is 12.8 Å². The monoisotopic (exact) mass is 287 g/mol. The topological polar surface area (TPSA) is 54.9 Å². The van der Waals surface area contributed by atoms with Crippen LogP contribution >= 0.6 is 11.3 Å². The van der Waals surface area contributed by atoms with Gasteiger partial charge >= 0.3 is 0 Å². The molecule has 4 nitrogen and oxygen atoms in total. The van der Waals surface area contributed by atoms with Crippen LogP contribution in [-0.2, 0) is 11.2 Å². The number of carbonyl (C=O) groups is 1. The van der Waals surface area contributed by atoms with E-state index in [0.29, 0.717) is 12.5 Å². The van der Waals surface area contributed by atoms with Gasteiger partial charge in [-0.25, -0.2) is 4.98 Å². The summed E-state index contributed by atoms with van der Waals surface area (Å²) in [6, 6.07) is 3.99. The van der Waals surface area contributed by atoms with Gasteiger partial charge < -0.3 is 5.32 Å². The molecule has 1 fully saturated rings. The minimum atomic E-state index is 0.134. The Balaban J connectivity index is 1.45. The van der Waals surface area contributed by atoms with E-state index in [0.717, 1.165) is 23.5 Å². The van der Waals surface area contributed by atoms with Crippen LogP contribution in [0.25, 0.3) is 0 Å². The number of aryl methyl sites for hydroxylation is 1. The van der Waals surface area contributed by atoms with Crippen LogP contribution in [0.3, 0.4) is 0 Å². The van der Waals surface area contributed by atoms with Crippen LogP contribution in [0.5, 0.6) is 0 Å². The lowest BCUT2D eigenvalue weighted by Gasteiger charge is -2.03. The van der Waals surface area contributed by atoms with Crippen molar-refractivity contribution in [3.63, 3.8) is 0 Å². The van der Waals surface area contributed by atoms with Crippen molar-refractivity contribution >= 4 is 17.2 Å². The maximum Gasteiger partial charge on any atom is 0.223 e. The Morgan fingerprint density at radius 2 is 2.25 bits per heavy atom. The summed E-state index contributed by atoms with van der Waals surface area (Å²) < 4.78 is 0. The molecule has 0 spiro atoms. The fourth-order valence-corrected chi connectivity index (χ4v) is 3.08. The molecule has 2 aromatic heterocycles. The number of amides is 1. The van der Waals surface area contributed by atoms with Crippen LogP contribution < -0.4 is 5.32 Å². The lowest BCUT2D eigenvalue weighted by atomic mass is 10.1. The summed E-state index contributed by atoms with van der Waals surface area (Å²) in [6.07, 6.45) is 5.33. The molecule has 1 aliphatic carbocycles. The number of nitrogens with zero attached hydrogens (tertiary/aromatic N) is 2. The highest BCUT2D eigenvalue weighted by Gasteiger charge is 2.43. The molecule has 104 valence electrons. The quantitative estimate of drug-likeness (QED) is 0.918. The predicted octanol–water partition coefficient (Wildman–Crippen LogP) is 2.31. The van der Waals surface area contributed by atoms with Gasteiger partial charge in [0.1, 0.15) is 0 Å². The van der Waals surface area contributed by atoms with Crippen molar-refractivity contribution < 1.29 is 4.79 Å². The molecule has 0 saturated heterocycles. The number of carbonyl (C=O) groups excluding carboxylic acids is 1. The van der Waals surface area contributed by atoms with Crippen LogP contribution in [-0.4, -0.2) is 22.4 Å². The molecule has 0 unspecified atom stereocenters. The largest absolute Gasteiger partial charge is 0.355 e. The summed E-state index contributed by atoms with van der Waals surface area (Å²) in [5, 5.41) is 6.14. The first-order valence-corrected chi connectivity index (χ1v) is 7.70. The Bertz CT molecular complexity index is 596. The number of nitrogens with one attached hydrogen (secondary N) is 1. The van der Waals surface area contributed by atoms with E-state index < -0.39 is 0 Å². The maximum atomic E-state index is 12.0. The molecule has 2 atom stereocenters. The third kappa shape index (κ3) is 3.04. The highest BCUT2D eigenvalue weighted by molar-refractivity contribution is 7.09. The van der Waals surface area contributed by atoms with E-state index in [-0.39, 0.29) is 11.8 Å². The Morgan fingerprint density at radius 1 is 1.45 bits per heavy atom. The number of thiazole rings is 1. The van der Waals surface area contributed by atoms with E-state index in [1.54, 1.807) is 23.7 Å². The Hall–Kier alpha value is -1.75. The minimum Gasteiger partial charge on any atom is -0.355 e. The predicted molar refractivity (Wildman–Crippen MR) is 78.6 cm³/mol. The Labute approximate surface area is 122 Å². The molecule has 20 heavy (non-hydrogen) atoms. The average Bonchev–Trinajstić information content (AvgIpc) is 3.17. The number of aromatic nitrogens is 2. The van der Waals surface area contributed by atoms with Gasteiger partial charge in [-0.1, -0.05) is 0 Å². The SMILES string of the molecule is Cc1nc(CCNC(=O)[C@H]2C[C@H]2c2ccncc2)cs1. The third-order valence-corrected chi connectivity index (χ3v) is 4.43. The molecule has 1 saturated carbocycles. The molecule has 0 radical (unpaired) electrons. The van der Waals surface area contributed by atoms with Crippen molar-refractivity contribution in [1.29, 1.82) is 0 Å². The van der Waals surface area contributed by atoms with Gasteiger partial charge in [-0.05, 0) is 37.0 Å². The molecule has 1 aliphatic rings. The molecule has 1 amide bonds. The zero-order chi connectivity index (χ0) is 13.9. The second kappa shape index (κ2) is 5.71. The van der Waals surface area contributed by atoms with E-state index in [4.69, 9.17) is 0 Å². The summed E-state index contributed by atoms with van der Waals surface area (Å²) >= 11 is 1.65. The summed E-state index contributed by atoms with van der Waals surface area (Å²) in [5.74, 6) is 0.674. The normalized spacial score (nSPS) is 20.6. The molecule has 0 bridgehead atoms. The molecular weight excluding hydrogens is 270 g/mol. The number of hydrogen-bond donors (Lipinski definition) is 1. The van der Waals surface area contributed by atoms with E-state index >= 15 is 0 Å². The van der Waals surface area contributed by atoms with Crippen LogP contribution in [0.2, 0.25) is 0 Å². The average molecular weight is 287 g/mol. The number of hydrogen-bond acceptors (Lipinski definition) is 4. The first-order chi connectivity index (χ1) is 9.74. The van der Waals surface area contributed by atoms with E-state index in [2.05, 4.69) is 20.7 Å². The highest BCUT2D eigenvalue weighted by atomic mass is 32.1. The molecule has 5 heteroatoms. The van der Waals surface area contributed by atoms with Crippen LogP contribution in [0.15, 0.2) is 29.9 Å². The van der Waals surface area contributed by atoms with Gasteiger partial charge in [-0.3, -0.25) is 9.78 Å². The van der Waals surface area contributed by atoms with Gasteiger partial charge in [0.15, 0.2) is 0 Å². The van der Waals surface area contributed by atoms with Crippen LogP contribution in [0.1, 0.15) is 28.6 Å². The lowest BCUT2D eigenvalue weighted by molar-refractivity contribution is -0.122. The van der Waals surface area contributed by atoms with Gasteiger partial charge in [0.05, 0.1) is 10.7 Å². The second-order valence-corrected chi connectivity index (χ2v) is 6.19. The number of pyridine rings is 1. The first-order valence-electron chi connectivity index (χ1n) is 6.82. The zero-order valence-electron chi connectivity index (χ0n) is 11.4. The smallest absolute Gasteiger partial charge is 0.223 e. The Kier molecular flexibility index (Phi) is 3.78. The number of rotatable bonds is 5. The van der Waals surface area contributed by atoms with E-state index in [9.17, 15) is 4.79 Å². The molecular formula is C15H17N3OS. The van der Waals surface area contributed by atoms with Crippen molar-refractivity contribution in [2.75, 3.05) is 6.54 Å².